The molecular weight excluding hydrogens is 362 g/mol. The highest BCUT2D eigenvalue weighted by Crippen LogP contribution is 2.39. The van der Waals surface area contributed by atoms with E-state index >= 15 is 0 Å². The van der Waals surface area contributed by atoms with Crippen molar-refractivity contribution >= 4 is 17.9 Å². The van der Waals surface area contributed by atoms with E-state index in [0.29, 0.717) is 40.7 Å². The summed E-state index contributed by atoms with van der Waals surface area (Å²) in [6.07, 6.45) is 1.60. The molecule has 146 valence electrons. The van der Waals surface area contributed by atoms with Crippen LogP contribution in [0.3, 0.4) is 0 Å². The highest BCUT2D eigenvalue weighted by molar-refractivity contribution is 6.13. The van der Waals surface area contributed by atoms with Crippen molar-refractivity contribution in [3.63, 3.8) is 0 Å². The van der Waals surface area contributed by atoms with E-state index in [-0.39, 0.29) is 11.6 Å². The molecular formula is C21H21NO6. The first-order valence-electron chi connectivity index (χ1n) is 8.66. The molecule has 1 aliphatic heterocycles. The summed E-state index contributed by atoms with van der Waals surface area (Å²) in [4.78, 5) is 16.7. The van der Waals surface area contributed by atoms with E-state index in [0.717, 1.165) is 0 Å². The van der Waals surface area contributed by atoms with Gasteiger partial charge in [0.2, 0.25) is 11.6 Å². The summed E-state index contributed by atoms with van der Waals surface area (Å²) in [5, 5.41) is 0. The quantitative estimate of drug-likeness (QED) is 0.538. The number of aliphatic imine (C=N–C) groups is 1. The fourth-order valence-electron chi connectivity index (χ4n) is 2.79. The lowest BCUT2D eigenvalue weighted by Crippen LogP contribution is -2.07. The number of esters is 1. The van der Waals surface area contributed by atoms with Gasteiger partial charge in [0.05, 0.1) is 33.5 Å². The smallest absolute Gasteiger partial charge is 0.363 e. The predicted octanol–water partition coefficient (Wildman–Crippen LogP) is 3.46. The Kier molecular flexibility index (Phi) is 5.84. The van der Waals surface area contributed by atoms with Gasteiger partial charge < -0.3 is 23.7 Å². The number of methoxy groups -OCH3 is 3. The lowest BCUT2D eigenvalue weighted by atomic mass is 10.1. The molecule has 7 heteroatoms. The first-order valence-corrected chi connectivity index (χ1v) is 8.66. The van der Waals surface area contributed by atoms with Crippen LogP contribution in [-0.2, 0) is 9.53 Å². The number of rotatable bonds is 7. The number of ether oxygens (including phenoxy) is 5. The molecule has 0 bridgehead atoms. The topological polar surface area (TPSA) is 75.6 Å². The molecule has 0 aliphatic carbocycles. The van der Waals surface area contributed by atoms with Crippen molar-refractivity contribution in [2.75, 3.05) is 27.9 Å². The van der Waals surface area contributed by atoms with Gasteiger partial charge in [-0.15, -0.1) is 0 Å². The maximum atomic E-state index is 12.3. The summed E-state index contributed by atoms with van der Waals surface area (Å²) in [6.45, 7) is 2.38. The average Bonchev–Trinajstić information content (AvgIpc) is 3.07. The monoisotopic (exact) mass is 383 g/mol. The molecule has 1 aliphatic rings. The van der Waals surface area contributed by atoms with Crippen LogP contribution >= 0.6 is 0 Å². The second-order valence-corrected chi connectivity index (χ2v) is 5.72. The zero-order valence-corrected chi connectivity index (χ0v) is 16.1. The third-order valence-corrected chi connectivity index (χ3v) is 4.03. The minimum Gasteiger partial charge on any atom is -0.493 e. The van der Waals surface area contributed by atoms with Crippen LogP contribution in [0, 0.1) is 0 Å². The molecule has 1 heterocycles. The summed E-state index contributed by atoms with van der Waals surface area (Å²) >= 11 is 0. The van der Waals surface area contributed by atoms with Crippen molar-refractivity contribution in [2.45, 2.75) is 6.92 Å². The van der Waals surface area contributed by atoms with Gasteiger partial charge in [-0.1, -0.05) is 12.1 Å². The second kappa shape index (κ2) is 8.47. The minimum atomic E-state index is -0.546. The largest absolute Gasteiger partial charge is 0.493 e. The number of carbonyl (C=O) groups is 1. The summed E-state index contributed by atoms with van der Waals surface area (Å²) in [6, 6.07) is 10.7. The molecule has 2 aromatic rings. The highest BCUT2D eigenvalue weighted by Gasteiger charge is 2.26. The Balaban J connectivity index is 2.01. The Hall–Kier alpha value is -3.48. The summed E-state index contributed by atoms with van der Waals surface area (Å²) < 4.78 is 26.9. The number of carbonyl (C=O) groups excluding carboxylic acids is 1. The molecule has 0 unspecified atom stereocenters. The van der Waals surface area contributed by atoms with Gasteiger partial charge in [-0.2, -0.15) is 0 Å². The molecule has 0 saturated carbocycles. The third-order valence-electron chi connectivity index (χ3n) is 4.03. The van der Waals surface area contributed by atoms with Crippen LogP contribution in [0.15, 0.2) is 47.1 Å². The van der Waals surface area contributed by atoms with Gasteiger partial charge in [0.15, 0.2) is 17.2 Å². The van der Waals surface area contributed by atoms with Crippen LogP contribution in [0.5, 0.6) is 23.0 Å². The number of benzene rings is 2. The first kappa shape index (κ1) is 19.3. The highest BCUT2D eigenvalue weighted by atomic mass is 16.6. The zero-order chi connectivity index (χ0) is 20.1. The van der Waals surface area contributed by atoms with Gasteiger partial charge in [0.25, 0.3) is 0 Å². The number of hydrogen-bond acceptors (Lipinski definition) is 7. The van der Waals surface area contributed by atoms with Gasteiger partial charge in [0, 0.05) is 0 Å². The van der Waals surface area contributed by atoms with Crippen molar-refractivity contribution in [1.82, 2.24) is 0 Å². The molecule has 0 spiro atoms. The zero-order valence-electron chi connectivity index (χ0n) is 16.1. The molecule has 0 atom stereocenters. The maximum absolute atomic E-state index is 12.3. The Morgan fingerprint density at radius 2 is 1.68 bits per heavy atom. The van der Waals surface area contributed by atoms with Crippen molar-refractivity contribution in [1.29, 1.82) is 0 Å². The van der Waals surface area contributed by atoms with E-state index in [1.165, 1.54) is 21.3 Å². The van der Waals surface area contributed by atoms with Crippen LogP contribution in [-0.4, -0.2) is 39.8 Å². The molecule has 28 heavy (non-hydrogen) atoms. The molecule has 0 N–H and O–H groups in total. The summed E-state index contributed by atoms with van der Waals surface area (Å²) in [5.41, 5.74) is 1.44. The molecule has 0 saturated heterocycles. The summed E-state index contributed by atoms with van der Waals surface area (Å²) in [5.74, 6) is 1.68. The number of cyclic esters (lactones) is 1. The lowest BCUT2D eigenvalue weighted by Gasteiger charge is -2.12. The van der Waals surface area contributed by atoms with Crippen LogP contribution < -0.4 is 18.9 Å². The Labute approximate surface area is 163 Å². The Morgan fingerprint density at radius 3 is 2.29 bits per heavy atom. The Bertz CT molecular complexity index is 923. The minimum absolute atomic E-state index is 0.163. The van der Waals surface area contributed by atoms with Gasteiger partial charge in [-0.3, -0.25) is 0 Å². The van der Waals surface area contributed by atoms with E-state index in [1.54, 1.807) is 30.3 Å². The molecule has 3 rings (SSSR count). The normalized spacial score (nSPS) is 14.5. The van der Waals surface area contributed by atoms with Crippen LogP contribution in [0.2, 0.25) is 0 Å². The van der Waals surface area contributed by atoms with Gasteiger partial charge in [-0.05, 0) is 42.8 Å². The van der Waals surface area contributed by atoms with Gasteiger partial charge >= 0.3 is 5.97 Å². The number of para-hydroxylation sites is 1. The standard InChI is InChI=1S/C21H21NO6/c1-5-27-16-9-7-6-8-14(16)20-22-15(21(23)28-20)10-13-11-17(24-2)19(26-4)18(12-13)25-3/h6-12H,5H2,1-4H3. The first-order chi connectivity index (χ1) is 13.6. The SMILES string of the molecule is CCOc1ccccc1C1=NC(=Cc2cc(OC)c(OC)c(OC)c2)C(=O)O1. The van der Waals surface area contributed by atoms with Crippen molar-refractivity contribution < 1.29 is 28.5 Å². The van der Waals surface area contributed by atoms with Crippen molar-refractivity contribution in [3.05, 3.63) is 53.2 Å². The molecule has 0 amide bonds. The van der Waals surface area contributed by atoms with Gasteiger partial charge in [0.1, 0.15) is 5.75 Å². The molecule has 0 aromatic heterocycles. The predicted molar refractivity (Wildman–Crippen MR) is 104 cm³/mol. The number of hydrogen-bond donors (Lipinski definition) is 0. The van der Waals surface area contributed by atoms with Crippen molar-refractivity contribution in [2.24, 2.45) is 4.99 Å². The second-order valence-electron chi connectivity index (χ2n) is 5.72. The maximum Gasteiger partial charge on any atom is 0.363 e. The Morgan fingerprint density at radius 1 is 1.00 bits per heavy atom. The molecule has 2 aromatic carbocycles. The van der Waals surface area contributed by atoms with Crippen LogP contribution in [0.1, 0.15) is 18.1 Å². The van der Waals surface area contributed by atoms with Crippen LogP contribution in [0.25, 0.3) is 6.08 Å². The van der Waals surface area contributed by atoms with E-state index in [1.807, 2.05) is 19.1 Å². The lowest BCUT2D eigenvalue weighted by molar-refractivity contribution is -0.129. The van der Waals surface area contributed by atoms with E-state index in [9.17, 15) is 4.79 Å². The fourth-order valence-corrected chi connectivity index (χ4v) is 2.79. The van der Waals surface area contributed by atoms with E-state index < -0.39 is 5.97 Å². The molecule has 0 radical (unpaired) electrons. The van der Waals surface area contributed by atoms with Crippen LogP contribution in [0.4, 0.5) is 0 Å². The summed E-state index contributed by atoms with van der Waals surface area (Å²) in [7, 11) is 4.58. The third kappa shape index (κ3) is 3.78. The molecule has 7 nitrogen and oxygen atoms in total. The fraction of sp³-hybridized carbons (Fsp3) is 0.238. The van der Waals surface area contributed by atoms with Gasteiger partial charge in [-0.25, -0.2) is 9.79 Å². The van der Waals surface area contributed by atoms with E-state index in [2.05, 4.69) is 4.99 Å². The average molecular weight is 383 g/mol. The number of nitrogens with zero attached hydrogens (tertiary/aromatic N) is 1. The van der Waals surface area contributed by atoms with E-state index in [4.69, 9.17) is 23.7 Å². The molecule has 0 fully saturated rings. The van der Waals surface area contributed by atoms with Crippen molar-refractivity contribution in [3.8, 4) is 23.0 Å².